The Morgan fingerprint density at radius 2 is 2.26 bits per heavy atom. The van der Waals surface area contributed by atoms with Crippen LogP contribution in [-0.2, 0) is 11.2 Å². The van der Waals surface area contributed by atoms with Crippen LogP contribution in [0.5, 0.6) is 0 Å². The molecule has 100 valence electrons. The second-order valence-corrected chi connectivity index (χ2v) is 4.61. The second kappa shape index (κ2) is 5.69. The van der Waals surface area contributed by atoms with Crippen LogP contribution in [0.4, 0.5) is 0 Å². The molecule has 0 unspecified atom stereocenters. The Hall–Kier alpha value is -2.10. The van der Waals surface area contributed by atoms with Crippen LogP contribution in [0.3, 0.4) is 0 Å². The maximum absolute atomic E-state index is 12.0. The summed E-state index contributed by atoms with van der Waals surface area (Å²) in [5.41, 5.74) is 1.54. The first-order valence-electron chi connectivity index (χ1n) is 6.23. The summed E-state index contributed by atoms with van der Waals surface area (Å²) in [5.74, 6) is 0.964. The molecular weight excluding hydrogens is 242 g/mol. The van der Waals surface area contributed by atoms with E-state index in [0.717, 1.165) is 5.56 Å². The zero-order chi connectivity index (χ0) is 13.8. The van der Waals surface area contributed by atoms with Gasteiger partial charge in [0.05, 0.1) is 0 Å². The van der Waals surface area contributed by atoms with Gasteiger partial charge in [0.25, 0.3) is 0 Å². The Labute approximate surface area is 112 Å². The first-order chi connectivity index (χ1) is 9.06. The average molecular weight is 259 g/mol. The van der Waals surface area contributed by atoms with Gasteiger partial charge in [-0.1, -0.05) is 6.07 Å². The van der Waals surface area contributed by atoms with Gasteiger partial charge in [-0.2, -0.15) is 0 Å². The molecule has 0 radical (unpaired) electrons. The third-order valence-corrected chi connectivity index (χ3v) is 2.82. The lowest BCUT2D eigenvalue weighted by Gasteiger charge is -2.12. The van der Waals surface area contributed by atoms with E-state index in [1.807, 2.05) is 26.0 Å². The fraction of sp³-hybridized carbons (Fsp3) is 0.333. The van der Waals surface area contributed by atoms with Gasteiger partial charge in [-0.3, -0.25) is 4.98 Å². The molecule has 2 rings (SSSR count). The number of carbonyl (C=O) groups excluding carboxylic acids is 1. The van der Waals surface area contributed by atoms with Crippen molar-refractivity contribution in [2.75, 3.05) is 0 Å². The smallest absolute Gasteiger partial charge is 0.341 e. The van der Waals surface area contributed by atoms with Gasteiger partial charge < -0.3 is 9.15 Å². The predicted molar refractivity (Wildman–Crippen MR) is 71.0 cm³/mol. The molecule has 2 heterocycles. The molecule has 2 aromatic heterocycles. The second-order valence-electron chi connectivity index (χ2n) is 4.61. The Kier molecular flexibility index (Phi) is 4.00. The normalized spacial score (nSPS) is 12.2. The van der Waals surface area contributed by atoms with Crippen molar-refractivity contribution in [1.82, 2.24) is 4.98 Å². The summed E-state index contributed by atoms with van der Waals surface area (Å²) in [6, 6.07) is 5.53. The van der Waals surface area contributed by atoms with Crippen LogP contribution in [0.1, 0.15) is 34.4 Å². The first-order valence-corrected chi connectivity index (χ1v) is 6.23. The van der Waals surface area contributed by atoms with Crippen LogP contribution in [0, 0.1) is 13.8 Å². The Bertz CT molecular complexity index is 560. The van der Waals surface area contributed by atoms with Crippen LogP contribution >= 0.6 is 0 Å². The number of aromatic nitrogens is 1. The van der Waals surface area contributed by atoms with E-state index in [-0.39, 0.29) is 12.1 Å². The summed E-state index contributed by atoms with van der Waals surface area (Å²) in [6.45, 7) is 5.44. The molecule has 0 saturated heterocycles. The van der Waals surface area contributed by atoms with Crippen molar-refractivity contribution < 1.29 is 13.9 Å². The fourth-order valence-electron chi connectivity index (χ4n) is 1.97. The number of hydrogen-bond acceptors (Lipinski definition) is 4. The summed E-state index contributed by atoms with van der Waals surface area (Å²) >= 11 is 0. The molecule has 0 aliphatic carbocycles. The van der Waals surface area contributed by atoms with Gasteiger partial charge in [0.15, 0.2) is 0 Å². The van der Waals surface area contributed by atoms with Crippen molar-refractivity contribution in [3.8, 4) is 0 Å². The maximum atomic E-state index is 12.0. The van der Waals surface area contributed by atoms with E-state index in [2.05, 4.69) is 4.98 Å². The number of furan rings is 1. The van der Waals surface area contributed by atoms with Crippen LogP contribution in [0.2, 0.25) is 0 Å². The molecule has 0 amide bonds. The molecule has 0 aromatic carbocycles. The van der Waals surface area contributed by atoms with Crippen molar-refractivity contribution in [2.24, 2.45) is 0 Å². The highest BCUT2D eigenvalue weighted by molar-refractivity contribution is 5.90. The minimum Gasteiger partial charge on any atom is -0.466 e. The van der Waals surface area contributed by atoms with Gasteiger partial charge in [0.1, 0.15) is 23.2 Å². The van der Waals surface area contributed by atoms with Crippen molar-refractivity contribution in [3.05, 3.63) is 53.2 Å². The van der Waals surface area contributed by atoms with Crippen molar-refractivity contribution in [2.45, 2.75) is 33.3 Å². The highest BCUT2D eigenvalue weighted by Gasteiger charge is 2.17. The topological polar surface area (TPSA) is 52.3 Å². The molecule has 0 bridgehead atoms. The predicted octanol–water partition coefficient (Wildman–Crippen LogP) is 3.08. The number of hydrogen-bond donors (Lipinski definition) is 0. The lowest BCUT2D eigenvalue weighted by molar-refractivity contribution is 0.0341. The molecule has 2 aromatic rings. The maximum Gasteiger partial charge on any atom is 0.341 e. The Morgan fingerprint density at radius 1 is 1.47 bits per heavy atom. The number of esters is 1. The summed E-state index contributed by atoms with van der Waals surface area (Å²) < 4.78 is 10.7. The lowest BCUT2D eigenvalue weighted by atomic mass is 10.1. The molecule has 0 aliphatic heterocycles. The standard InChI is InChI=1S/C15H17NO3/c1-10(7-13-5-4-6-16-9-13)19-15(17)14-8-11(2)18-12(14)3/h4-6,8-10H,7H2,1-3H3/t10-/m1/s1. The van der Waals surface area contributed by atoms with E-state index in [0.29, 0.717) is 23.5 Å². The minimum absolute atomic E-state index is 0.202. The highest BCUT2D eigenvalue weighted by Crippen LogP contribution is 2.16. The monoisotopic (exact) mass is 259 g/mol. The van der Waals surface area contributed by atoms with E-state index >= 15 is 0 Å². The van der Waals surface area contributed by atoms with E-state index in [9.17, 15) is 4.79 Å². The zero-order valence-corrected chi connectivity index (χ0v) is 11.3. The van der Waals surface area contributed by atoms with Gasteiger partial charge in [0.2, 0.25) is 0 Å². The van der Waals surface area contributed by atoms with Crippen LogP contribution in [0.25, 0.3) is 0 Å². The quantitative estimate of drug-likeness (QED) is 0.792. The van der Waals surface area contributed by atoms with Crippen LogP contribution in [-0.4, -0.2) is 17.1 Å². The minimum atomic E-state index is -0.342. The number of ether oxygens (including phenoxy) is 1. The summed E-state index contributed by atoms with van der Waals surface area (Å²) in [6.07, 6.45) is 3.94. The van der Waals surface area contributed by atoms with Gasteiger partial charge in [0, 0.05) is 18.8 Å². The molecule has 0 aliphatic rings. The van der Waals surface area contributed by atoms with Crippen molar-refractivity contribution in [1.29, 1.82) is 0 Å². The third kappa shape index (κ3) is 3.44. The third-order valence-electron chi connectivity index (χ3n) is 2.82. The first kappa shape index (κ1) is 13.3. The molecule has 0 spiro atoms. The average Bonchev–Trinajstić information content (AvgIpc) is 2.69. The molecule has 4 heteroatoms. The number of pyridine rings is 1. The van der Waals surface area contributed by atoms with E-state index in [1.165, 1.54) is 0 Å². The SMILES string of the molecule is Cc1cc(C(=O)O[C@H](C)Cc2cccnc2)c(C)o1. The molecular formula is C15H17NO3. The van der Waals surface area contributed by atoms with Crippen molar-refractivity contribution >= 4 is 5.97 Å². The lowest BCUT2D eigenvalue weighted by Crippen LogP contribution is -2.17. The van der Waals surface area contributed by atoms with E-state index < -0.39 is 0 Å². The van der Waals surface area contributed by atoms with Gasteiger partial charge in [-0.15, -0.1) is 0 Å². The number of aryl methyl sites for hydroxylation is 2. The molecule has 0 saturated carbocycles. The van der Waals surface area contributed by atoms with E-state index in [1.54, 1.807) is 25.4 Å². The van der Waals surface area contributed by atoms with Gasteiger partial charge >= 0.3 is 5.97 Å². The zero-order valence-electron chi connectivity index (χ0n) is 11.3. The summed E-state index contributed by atoms with van der Waals surface area (Å²) in [4.78, 5) is 16.0. The molecule has 19 heavy (non-hydrogen) atoms. The Morgan fingerprint density at radius 3 is 2.84 bits per heavy atom. The number of rotatable bonds is 4. The Balaban J connectivity index is 1.97. The molecule has 1 atom stereocenters. The molecule has 0 N–H and O–H groups in total. The van der Waals surface area contributed by atoms with Crippen molar-refractivity contribution in [3.63, 3.8) is 0 Å². The summed E-state index contributed by atoms with van der Waals surface area (Å²) in [5, 5.41) is 0. The summed E-state index contributed by atoms with van der Waals surface area (Å²) in [7, 11) is 0. The van der Waals surface area contributed by atoms with Crippen LogP contribution < -0.4 is 0 Å². The molecule has 0 fully saturated rings. The number of nitrogens with zero attached hydrogens (tertiary/aromatic N) is 1. The highest BCUT2D eigenvalue weighted by atomic mass is 16.5. The number of carbonyl (C=O) groups is 1. The molecule has 4 nitrogen and oxygen atoms in total. The van der Waals surface area contributed by atoms with Gasteiger partial charge in [-0.05, 0) is 38.5 Å². The van der Waals surface area contributed by atoms with Crippen LogP contribution in [0.15, 0.2) is 35.0 Å². The largest absolute Gasteiger partial charge is 0.466 e. The van der Waals surface area contributed by atoms with E-state index in [4.69, 9.17) is 9.15 Å². The van der Waals surface area contributed by atoms with Gasteiger partial charge in [-0.25, -0.2) is 4.79 Å². The fourth-order valence-corrected chi connectivity index (χ4v) is 1.97.